The number of carbonyl (C=O) groups is 2. The zero-order valence-electron chi connectivity index (χ0n) is 12.2. The van der Waals surface area contributed by atoms with Crippen molar-refractivity contribution in [1.82, 2.24) is 5.32 Å². The predicted molar refractivity (Wildman–Crippen MR) is 78.3 cm³/mol. The molecule has 6 nitrogen and oxygen atoms in total. The zero-order chi connectivity index (χ0) is 15.5. The molecular formula is C16H19NO5. The molecule has 0 bridgehead atoms. The number of aliphatic carboxylic acids is 1. The molecule has 2 N–H and O–H groups in total. The number of nitrogens with one attached hydrogen (secondary N) is 1. The van der Waals surface area contributed by atoms with Crippen molar-refractivity contribution in [3.63, 3.8) is 0 Å². The normalized spacial score (nSPS) is 23.6. The first kappa shape index (κ1) is 14.7. The van der Waals surface area contributed by atoms with Crippen LogP contribution in [0.2, 0.25) is 0 Å². The van der Waals surface area contributed by atoms with Crippen LogP contribution < -0.4 is 14.8 Å². The van der Waals surface area contributed by atoms with E-state index >= 15 is 0 Å². The van der Waals surface area contributed by atoms with Crippen molar-refractivity contribution in [1.29, 1.82) is 0 Å². The maximum Gasteiger partial charge on any atom is 0.306 e. The van der Waals surface area contributed by atoms with E-state index in [0.29, 0.717) is 56.0 Å². The number of ether oxygens (including phenoxy) is 2. The molecule has 1 heterocycles. The van der Waals surface area contributed by atoms with Crippen molar-refractivity contribution in [2.24, 2.45) is 5.92 Å². The number of para-hydroxylation sites is 1. The third kappa shape index (κ3) is 3.00. The van der Waals surface area contributed by atoms with E-state index in [-0.39, 0.29) is 17.9 Å². The van der Waals surface area contributed by atoms with E-state index in [2.05, 4.69) is 5.32 Å². The number of benzene rings is 1. The van der Waals surface area contributed by atoms with Gasteiger partial charge in [0.1, 0.15) is 13.2 Å². The first-order chi connectivity index (χ1) is 10.6. The Balaban J connectivity index is 1.65. The molecule has 3 rings (SSSR count). The Labute approximate surface area is 128 Å². The molecule has 6 heteroatoms. The summed E-state index contributed by atoms with van der Waals surface area (Å²) in [7, 11) is 0. The Kier molecular flexibility index (Phi) is 4.18. The van der Waals surface area contributed by atoms with Crippen molar-refractivity contribution >= 4 is 11.9 Å². The summed E-state index contributed by atoms with van der Waals surface area (Å²) in [6.45, 7) is 0.915. The smallest absolute Gasteiger partial charge is 0.306 e. The molecule has 0 spiro atoms. The molecule has 0 aromatic heterocycles. The van der Waals surface area contributed by atoms with Crippen molar-refractivity contribution in [2.45, 2.75) is 31.7 Å². The zero-order valence-corrected chi connectivity index (χ0v) is 12.2. The van der Waals surface area contributed by atoms with E-state index in [1.165, 1.54) is 0 Å². The van der Waals surface area contributed by atoms with Crippen LogP contribution >= 0.6 is 0 Å². The van der Waals surface area contributed by atoms with E-state index in [1.807, 2.05) is 0 Å². The van der Waals surface area contributed by atoms with Gasteiger partial charge in [0.25, 0.3) is 5.91 Å². The highest BCUT2D eigenvalue weighted by Gasteiger charge is 2.28. The third-order valence-corrected chi connectivity index (χ3v) is 4.22. The summed E-state index contributed by atoms with van der Waals surface area (Å²) < 4.78 is 11.0. The van der Waals surface area contributed by atoms with Gasteiger partial charge >= 0.3 is 5.97 Å². The molecule has 0 atom stereocenters. The molecule has 1 saturated carbocycles. The molecule has 0 saturated heterocycles. The highest BCUT2D eigenvalue weighted by Crippen LogP contribution is 2.34. The maximum atomic E-state index is 12.4. The van der Waals surface area contributed by atoms with Crippen LogP contribution in [0.4, 0.5) is 0 Å². The van der Waals surface area contributed by atoms with Gasteiger partial charge in [0.15, 0.2) is 11.5 Å². The van der Waals surface area contributed by atoms with Crippen LogP contribution in [0.1, 0.15) is 36.0 Å². The Morgan fingerprint density at radius 2 is 1.82 bits per heavy atom. The van der Waals surface area contributed by atoms with Gasteiger partial charge in [-0.2, -0.15) is 0 Å². The van der Waals surface area contributed by atoms with E-state index in [1.54, 1.807) is 18.2 Å². The van der Waals surface area contributed by atoms with Gasteiger partial charge in [-0.3, -0.25) is 9.59 Å². The van der Waals surface area contributed by atoms with Gasteiger partial charge in [0.2, 0.25) is 0 Å². The first-order valence-corrected chi connectivity index (χ1v) is 7.57. The molecule has 0 radical (unpaired) electrons. The standard InChI is InChI=1S/C16H19NO5/c18-15(17-11-6-4-10(5-7-11)16(19)20)12-2-1-3-13-14(12)22-9-8-21-13/h1-3,10-11H,4-9H2,(H,17,18)(H,19,20). The van der Waals surface area contributed by atoms with Crippen LogP contribution in [0.3, 0.4) is 0 Å². The Hall–Kier alpha value is -2.24. The fourth-order valence-electron chi connectivity index (χ4n) is 3.00. The lowest BCUT2D eigenvalue weighted by Crippen LogP contribution is -2.39. The lowest BCUT2D eigenvalue weighted by Gasteiger charge is -2.27. The van der Waals surface area contributed by atoms with Crippen LogP contribution in [-0.4, -0.2) is 36.2 Å². The number of hydrogen-bond donors (Lipinski definition) is 2. The molecule has 1 fully saturated rings. The summed E-state index contributed by atoms with van der Waals surface area (Å²) in [5, 5.41) is 12.0. The minimum atomic E-state index is -0.743. The molecule has 0 unspecified atom stereocenters. The number of carboxylic acid groups (broad SMARTS) is 1. The van der Waals surface area contributed by atoms with Gasteiger partial charge in [0, 0.05) is 6.04 Å². The van der Waals surface area contributed by atoms with Crippen LogP contribution in [0.15, 0.2) is 18.2 Å². The van der Waals surface area contributed by atoms with Gasteiger partial charge in [-0.1, -0.05) is 6.07 Å². The minimum absolute atomic E-state index is 0.0171. The van der Waals surface area contributed by atoms with Crippen LogP contribution in [0.5, 0.6) is 11.5 Å². The lowest BCUT2D eigenvalue weighted by atomic mass is 9.86. The highest BCUT2D eigenvalue weighted by atomic mass is 16.6. The summed E-state index contributed by atoms with van der Waals surface area (Å²) in [6, 6.07) is 5.28. The molecule has 1 aromatic rings. The van der Waals surface area contributed by atoms with Gasteiger partial charge in [0.05, 0.1) is 11.5 Å². The Morgan fingerprint density at radius 3 is 2.55 bits per heavy atom. The molecule has 22 heavy (non-hydrogen) atoms. The largest absolute Gasteiger partial charge is 0.486 e. The average Bonchev–Trinajstić information content (AvgIpc) is 2.54. The number of amides is 1. The predicted octanol–water partition coefficient (Wildman–Crippen LogP) is 1.83. The molecule has 1 aliphatic heterocycles. The van der Waals surface area contributed by atoms with Gasteiger partial charge in [-0.05, 0) is 37.8 Å². The molecule has 2 aliphatic rings. The van der Waals surface area contributed by atoms with E-state index in [9.17, 15) is 9.59 Å². The average molecular weight is 305 g/mol. The third-order valence-electron chi connectivity index (χ3n) is 4.22. The minimum Gasteiger partial charge on any atom is -0.486 e. The van der Waals surface area contributed by atoms with Crippen LogP contribution in [0.25, 0.3) is 0 Å². The number of carbonyl (C=O) groups excluding carboxylic acids is 1. The highest BCUT2D eigenvalue weighted by molar-refractivity contribution is 5.98. The molecule has 118 valence electrons. The van der Waals surface area contributed by atoms with Crippen molar-refractivity contribution in [2.75, 3.05) is 13.2 Å². The van der Waals surface area contributed by atoms with E-state index < -0.39 is 5.97 Å². The second-order valence-electron chi connectivity index (χ2n) is 5.69. The molecule has 1 aliphatic carbocycles. The number of fused-ring (bicyclic) bond motifs is 1. The maximum absolute atomic E-state index is 12.4. The van der Waals surface area contributed by atoms with Crippen molar-refractivity contribution in [3.8, 4) is 11.5 Å². The molecular weight excluding hydrogens is 286 g/mol. The lowest BCUT2D eigenvalue weighted by molar-refractivity contribution is -0.142. The van der Waals surface area contributed by atoms with Crippen molar-refractivity contribution < 1.29 is 24.2 Å². The van der Waals surface area contributed by atoms with Gasteiger partial charge in [-0.25, -0.2) is 0 Å². The fraction of sp³-hybridized carbons (Fsp3) is 0.500. The number of hydrogen-bond acceptors (Lipinski definition) is 4. The summed E-state index contributed by atoms with van der Waals surface area (Å²) in [5.74, 6) is -0.137. The topological polar surface area (TPSA) is 84.9 Å². The number of carboxylic acids is 1. The number of rotatable bonds is 3. The Morgan fingerprint density at radius 1 is 1.09 bits per heavy atom. The second-order valence-corrected chi connectivity index (χ2v) is 5.69. The first-order valence-electron chi connectivity index (χ1n) is 7.57. The van der Waals surface area contributed by atoms with E-state index in [4.69, 9.17) is 14.6 Å². The van der Waals surface area contributed by atoms with Gasteiger partial charge in [-0.15, -0.1) is 0 Å². The van der Waals surface area contributed by atoms with Crippen LogP contribution in [-0.2, 0) is 4.79 Å². The van der Waals surface area contributed by atoms with E-state index in [0.717, 1.165) is 0 Å². The fourth-order valence-corrected chi connectivity index (χ4v) is 3.00. The second kappa shape index (κ2) is 6.25. The van der Waals surface area contributed by atoms with Crippen LogP contribution in [0, 0.1) is 5.92 Å². The van der Waals surface area contributed by atoms with Gasteiger partial charge < -0.3 is 19.9 Å². The monoisotopic (exact) mass is 305 g/mol. The summed E-state index contributed by atoms with van der Waals surface area (Å²) in [5.41, 5.74) is 0.470. The SMILES string of the molecule is O=C(NC1CCC(C(=O)O)CC1)c1cccc2c1OCCO2. The van der Waals surface area contributed by atoms with Crippen molar-refractivity contribution in [3.05, 3.63) is 23.8 Å². The molecule has 1 amide bonds. The summed E-state index contributed by atoms with van der Waals surface area (Å²) in [4.78, 5) is 23.4. The quantitative estimate of drug-likeness (QED) is 0.890. The molecule has 1 aromatic carbocycles. The summed E-state index contributed by atoms with van der Waals surface area (Å²) >= 11 is 0. The Bertz CT molecular complexity index is 578. The summed E-state index contributed by atoms with van der Waals surface area (Å²) in [6.07, 6.45) is 2.59.